The van der Waals surface area contributed by atoms with Crippen molar-refractivity contribution in [1.29, 1.82) is 0 Å². The second kappa shape index (κ2) is 6.66. The van der Waals surface area contributed by atoms with Crippen molar-refractivity contribution in [2.75, 3.05) is 6.54 Å². The van der Waals surface area contributed by atoms with Crippen LogP contribution >= 0.6 is 15.9 Å². The van der Waals surface area contributed by atoms with E-state index in [9.17, 15) is 0 Å². The molecule has 0 aromatic carbocycles. The fourth-order valence-electron chi connectivity index (χ4n) is 2.97. The summed E-state index contributed by atoms with van der Waals surface area (Å²) in [6.07, 6.45) is 6.49. The molecule has 2 unspecified atom stereocenters. The zero-order chi connectivity index (χ0) is 14.7. The number of likely N-dealkylation sites (N-methyl/N-ethyl adjacent to an activating group) is 1. The van der Waals surface area contributed by atoms with E-state index >= 15 is 0 Å². The van der Waals surface area contributed by atoms with Crippen LogP contribution in [0.5, 0.6) is 0 Å². The molecule has 0 bridgehead atoms. The minimum Gasteiger partial charge on any atom is -0.339 e. The lowest BCUT2D eigenvalue weighted by atomic mass is 9.84. The highest BCUT2D eigenvalue weighted by Gasteiger charge is 2.30. The molecule has 0 saturated heterocycles. The van der Waals surface area contributed by atoms with Crippen LogP contribution in [0.2, 0.25) is 0 Å². The first-order valence-corrected chi connectivity index (χ1v) is 8.26. The van der Waals surface area contributed by atoms with Crippen LogP contribution in [-0.2, 0) is 0 Å². The van der Waals surface area contributed by atoms with Crippen molar-refractivity contribution in [2.24, 2.45) is 0 Å². The molecule has 0 amide bonds. The average Bonchev–Trinajstić information content (AvgIpc) is 2.98. The van der Waals surface area contributed by atoms with Gasteiger partial charge in [-0.25, -0.2) is 0 Å². The average molecular weight is 351 g/mol. The lowest BCUT2D eigenvalue weighted by molar-refractivity contribution is 0.265. The predicted molar refractivity (Wildman–Crippen MR) is 83.9 cm³/mol. The van der Waals surface area contributed by atoms with Crippen LogP contribution in [0.1, 0.15) is 44.4 Å². The standard InChI is InChI=1S/C15H19BrN4O/c1-2-17-12-8-4-3-6-10(12)15-19-14(20-21-15)13-11(16)7-5-9-18-13/h5,7,9-10,12,17H,2-4,6,8H2,1H3. The van der Waals surface area contributed by atoms with Gasteiger partial charge in [0.2, 0.25) is 11.7 Å². The third-order valence-corrected chi connectivity index (χ3v) is 4.60. The van der Waals surface area contributed by atoms with Crippen molar-refractivity contribution in [2.45, 2.75) is 44.6 Å². The first-order valence-electron chi connectivity index (χ1n) is 7.47. The van der Waals surface area contributed by atoms with Crippen molar-refractivity contribution in [1.82, 2.24) is 20.4 Å². The number of hydrogen-bond acceptors (Lipinski definition) is 5. The molecule has 0 aliphatic heterocycles. The van der Waals surface area contributed by atoms with E-state index in [4.69, 9.17) is 4.52 Å². The molecule has 112 valence electrons. The maximum atomic E-state index is 5.53. The van der Waals surface area contributed by atoms with Gasteiger partial charge in [0.05, 0.1) is 5.92 Å². The maximum absolute atomic E-state index is 5.53. The summed E-state index contributed by atoms with van der Waals surface area (Å²) in [5, 5.41) is 7.65. The van der Waals surface area contributed by atoms with E-state index < -0.39 is 0 Å². The van der Waals surface area contributed by atoms with E-state index in [1.54, 1.807) is 6.20 Å². The third kappa shape index (κ3) is 3.16. The van der Waals surface area contributed by atoms with Crippen molar-refractivity contribution in [3.63, 3.8) is 0 Å². The zero-order valence-corrected chi connectivity index (χ0v) is 13.6. The monoisotopic (exact) mass is 350 g/mol. The Balaban J connectivity index is 1.85. The summed E-state index contributed by atoms with van der Waals surface area (Å²) in [7, 11) is 0. The smallest absolute Gasteiger partial charge is 0.231 e. The zero-order valence-electron chi connectivity index (χ0n) is 12.1. The molecule has 1 aliphatic carbocycles. The number of pyridine rings is 1. The van der Waals surface area contributed by atoms with Gasteiger partial charge in [0.15, 0.2) is 0 Å². The van der Waals surface area contributed by atoms with E-state index in [0.717, 1.165) is 29.0 Å². The second-order valence-electron chi connectivity index (χ2n) is 5.35. The van der Waals surface area contributed by atoms with Gasteiger partial charge in [-0.1, -0.05) is 24.9 Å². The number of rotatable bonds is 4. The Morgan fingerprint density at radius 3 is 3.05 bits per heavy atom. The topological polar surface area (TPSA) is 63.8 Å². The molecule has 1 saturated carbocycles. The van der Waals surface area contributed by atoms with Gasteiger partial charge in [-0.05, 0) is 47.4 Å². The lowest BCUT2D eigenvalue weighted by Crippen LogP contribution is -2.37. The molecule has 2 atom stereocenters. The Bertz CT molecular complexity index is 599. The lowest BCUT2D eigenvalue weighted by Gasteiger charge is -2.29. The summed E-state index contributed by atoms with van der Waals surface area (Å²) in [4.78, 5) is 8.90. The molecular weight excluding hydrogens is 332 g/mol. The molecule has 1 fully saturated rings. The van der Waals surface area contributed by atoms with E-state index in [2.05, 4.69) is 43.3 Å². The Kier molecular flexibility index (Phi) is 4.65. The van der Waals surface area contributed by atoms with E-state index in [-0.39, 0.29) is 0 Å². The van der Waals surface area contributed by atoms with Gasteiger partial charge in [0.1, 0.15) is 5.69 Å². The van der Waals surface area contributed by atoms with Crippen LogP contribution in [0, 0.1) is 0 Å². The highest BCUT2D eigenvalue weighted by molar-refractivity contribution is 9.10. The predicted octanol–water partition coefficient (Wildman–Crippen LogP) is 3.53. The fraction of sp³-hybridized carbons (Fsp3) is 0.533. The maximum Gasteiger partial charge on any atom is 0.231 e. The van der Waals surface area contributed by atoms with Crippen molar-refractivity contribution in [3.05, 3.63) is 28.7 Å². The van der Waals surface area contributed by atoms with Gasteiger partial charge >= 0.3 is 0 Å². The van der Waals surface area contributed by atoms with Crippen molar-refractivity contribution in [3.8, 4) is 11.5 Å². The van der Waals surface area contributed by atoms with Crippen LogP contribution in [0.15, 0.2) is 27.3 Å². The molecule has 1 N–H and O–H groups in total. The van der Waals surface area contributed by atoms with Crippen molar-refractivity contribution < 1.29 is 4.52 Å². The molecule has 1 aliphatic rings. The summed E-state index contributed by atoms with van der Waals surface area (Å²) < 4.78 is 6.41. The van der Waals surface area contributed by atoms with Crippen LogP contribution in [0.3, 0.4) is 0 Å². The molecule has 2 aromatic heterocycles. The molecule has 0 spiro atoms. The summed E-state index contributed by atoms with van der Waals surface area (Å²) >= 11 is 3.48. The second-order valence-corrected chi connectivity index (χ2v) is 6.20. The SMILES string of the molecule is CCNC1CCCCC1c1nc(-c2ncccc2Br)no1. The number of aromatic nitrogens is 3. The number of nitrogens with one attached hydrogen (secondary N) is 1. The summed E-state index contributed by atoms with van der Waals surface area (Å²) in [5.41, 5.74) is 0.725. The Hall–Kier alpha value is -1.27. The summed E-state index contributed by atoms with van der Waals surface area (Å²) in [6.45, 7) is 3.10. The van der Waals surface area contributed by atoms with Crippen LogP contribution < -0.4 is 5.32 Å². The van der Waals surface area contributed by atoms with E-state index in [0.29, 0.717) is 17.8 Å². The summed E-state index contributed by atoms with van der Waals surface area (Å²) in [5.74, 6) is 1.59. The van der Waals surface area contributed by atoms with E-state index in [1.165, 1.54) is 19.3 Å². The highest BCUT2D eigenvalue weighted by atomic mass is 79.9. The molecule has 0 radical (unpaired) electrons. The molecule has 21 heavy (non-hydrogen) atoms. The molecular formula is C15H19BrN4O. The normalized spacial score (nSPS) is 22.4. The van der Waals surface area contributed by atoms with Gasteiger partial charge in [0, 0.05) is 16.7 Å². The van der Waals surface area contributed by atoms with Gasteiger partial charge in [-0.2, -0.15) is 4.98 Å². The van der Waals surface area contributed by atoms with E-state index in [1.807, 2.05) is 12.1 Å². The fourth-order valence-corrected chi connectivity index (χ4v) is 3.40. The first-order chi connectivity index (χ1) is 10.3. The Morgan fingerprint density at radius 2 is 2.24 bits per heavy atom. The molecule has 3 rings (SSSR count). The highest BCUT2D eigenvalue weighted by Crippen LogP contribution is 2.33. The molecule has 2 heterocycles. The summed E-state index contributed by atoms with van der Waals surface area (Å²) in [6, 6.07) is 4.24. The largest absolute Gasteiger partial charge is 0.339 e. The molecule has 2 aromatic rings. The van der Waals surface area contributed by atoms with Gasteiger partial charge in [-0.3, -0.25) is 4.98 Å². The van der Waals surface area contributed by atoms with Gasteiger partial charge in [0.25, 0.3) is 0 Å². The number of halogens is 1. The van der Waals surface area contributed by atoms with Gasteiger partial charge < -0.3 is 9.84 Å². The van der Waals surface area contributed by atoms with Crippen LogP contribution in [0.4, 0.5) is 0 Å². The number of nitrogens with zero attached hydrogens (tertiary/aromatic N) is 3. The third-order valence-electron chi connectivity index (χ3n) is 3.96. The minimum absolute atomic E-state index is 0.308. The number of hydrogen-bond donors (Lipinski definition) is 1. The van der Waals surface area contributed by atoms with Crippen LogP contribution in [0.25, 0.3) is 11.5 Å². The molecule has 6 heteroatoms. The molecule has 5 nitrogen and oxygen atoms in total. The van der Waals surface area contributed by atoms with Gasteiger partial charge in [-0.15, -0.1) is 0 Å². The quantitative estimate of drug-likeness (QED) is 0.913. The van der Waals surface area contributed by atoms with Crippen LogP contribution in [-0.4, -0.2) is 27.7 Å². The Morgan fingerprint density at radius 1 is 1.38 bits per heavy atom. The Labute approximate surface area is 132 Å². The minimum atomic E-state index is 0.308. The first kappa shape index (κ1) is 14.7. The van der Waals surface area contributed by atoms with Crippen molar-refractivity contribution >= 4 is 15.9 Å².